The summed E-state index contributed by atoms with van der Waals surface area (Å²) in [5, 5.41) is 0. The standard InChI is InChI=1S/C17H24F3N/c1-2-13-6-4-9-16(21,10-8-13)12-14-5-3-7-15(11-14)17(18,19)20/h3,5,7,11,13H,2,4,6,8-10,12,21H2,1H3. The SMILES string of the molecule is CCC1CCCC(N)(Cc2cccc(C(F)(F)F)c2)CC1. The molecule has 2 rings (SSSR count). The lowest BCUT2D eigenvalue weighted by atomic mass is 9.84. The first-order chi connectivity index (χ1) is 9.82. The van der Waals surface area contributed by atoms with Gasteiger partial charge in [0.15, 0.2) is 0 Å². The predicted molar refractivity (Wildman–Crippen MR) is 78.9 cm³/mol. The fraction of sp³-hybridized carbons (Fsp3) is 0.647. The maximum absolute atomic E-state index is 12.8. The highest BCUT2D eigenvalue weighted by Gasteiger charge is 2.32. The van der Waals surface area contributed by atoms with Crippen molar-refractivity contribution < 1.29 is 13.2 Å². The molecule has 2 unspecified atom stereocenters. The van der Waals surface area contributed by atoms with E-state index in [0.717, 1.165) is 37.7 Å². The van der Waals surface area contributed by atoms with Crippen molar-refractivity contribution in [2.45, 2.75) is 63.6 Å². The molecule has 0 radical (unpaired) electrons. The van der Waals surface area contributed by atoms with Crippen LogP contribution >= 0.6 is 0 Å². The van der Waals surface area contributed by atoms with Gasteiger partial charge in [-0.05, 0) is 43.2 Å². The van der Waals surface area contributed by atoms with Gasteiger partial charge in [-0.2, -0.15) is 13.2 Å². The Morgan fingerprint density at radius 3 is 2.67 bits per heavy atom. The molecule has 4 heteroatoms. The molecule has 0 saturated heterocycles. The second kappa shape index (κ2) is 6.39. The number of hydrogen-bond acceptors (Lipinski definition) is 1. The Kier molecular flexibility index (Phi) is 4.97. The minimum absolute atomic E-state index is 0.353. The van der Waals surface area contributed by atoms with Crippen LogP contribution in [0.25, 0.3) is 0 Å². The van der Waals surface area contributed by atoms with E-state index in [1.54, 1.807) is 6.07 Å². The Balaban J connectivity index is 2.10. The van der Waals surface area contributed by atoms with Crippen molar-refractivity contribution in [2.24, 2.45) is 11.7 Å². The summed E-state index contributed by atoms with van der Waals surface area (Å²) in [5.41, 5.74) is 6.25. The lowest BCUT2D eigenvalue weighted by Crippen LogP contribution is -2.41. The molecule has 2 N–H and O–H groups in total. The van der Waals surface area contributed by atoms with E-state index in [9.17, 15) is 13.2 Å². The molecule has 0 heterocycles. The summed E-state index contributed by atoms with van der Waals surface area (Å²) in [7, 11) is 0. The second-order valence-corrected chi connectivity index (χ2v) is 6.44. The van der Waals surface area contributed by atoms with E-state index < -0.39 is 11.7 Å². The van der Waals surface area contributed by atoms with Crippen molar-refractivity contribution >= 4 is 0 Å². The van der Waals surface area contributed by atoms with E-state index in [2.05, 4.69) is 6.92 Å². The zero-order valence-electron chi connectivity index (χ0n) is 12.5. The van der Waals surface area contributed by atoms with Crippen LogP contribution in [0, 0.1) is 5.92 Å². The minimum atomic E-state index is -4.28. The Bertz CT molecular complexity index is 469. The number of nitrogens with two attached hydrogens (primary N) is 1. The average Bonchev–Trinajstić information content (AvgIpc) is 2.60. The quantitative estimate of drug-likeness (QED) is 0.786. The molecule has 1 aromatic carbocycles. The van der Waals surface area contributed by atoms with Crippen molar-refractivity contribution in [1.29, 1.82) is 0 Å². The van der Waals surface area contributed by atoms with Gasteiger partial charge in [-0.15, -0.1) is 0 Å². The molecule has 2 atom stereocenters. The van der Waals surface area contributed by atoms with Crippen LogP contribution in [0.3, 0.4) is 0 Å². The Morgan fingerprint density at radius 1 is 1.24 bits per heavy atom. The van der Waals surface area contributed by atoms with Gasteiger partial charge < -0.3 is 5.73 Å². The molecule has 0 aliphatic heterocycles. The topological polar surface area (TPSA) is 26.0 Å². The van der Waals surface area contributed by atoms with E-state index >= 15 is 0 Å². The molecular formula is C17H24F3N. The van der Waals surface area contributed by atoms with Gasteiger partial charge >= 0.3 is 6.18 Å². The van der Waals surface area contributed by atoms with E-state index in [4.69, 9.17) is 5.73 Å². The van der Waals surface area contributed by atoms with Gasteiger partial charge in [0.25, 0.3) is 0 Å². The van der Waals surface area contributed by atoms with Gasteiger partial charge in [-0.1, -0.05) is 44.4 Å². The van der Waals surface area contributed by atoms with E-state index in [0.29, 0.717) is 12.0 Å². The largest absolute Gasteiger partial charge is 0.416 e. The highest BCUT2D eigenvalue weighted by atomic mass is 19.4. The van der Waals surface area contributed by atoms with E-state index in [1.165, 1.54) is 25.0 Å². The minimum Gasteiger partial charge on any atom is -0.325 e. The molecule has 1 aliphatic rings. The normalized spacial score (nSPS) is 27.4. The van der Waals surface area contributed by atoms with Crippen LogP contribution in [0.1, 0.15) is 56.6 Å². The van der Waals surface area contributed by atoms with Crippen molar-refractivity contribution in [3.8, 4) is 0 Å². The third-order valence-corrected chi connectivity index (χ3v) is 4.73. The summed E-state index contributed by atoms with van der Waals surface area (Å²) in [6.07, 6.45) is 2.58. The molecule has 21 heavy (non-hydrogen) atoms. The van der Waals surface area contributed by atoms with Gasteiger partial charge in [0, 0.05) is 5.54 Å². The first-order valence-electron chi connectivity index (χ1n) is 7.77. The van der Waals surface area contributed by atoms with Gasteiger partial charge in [0.1, 0.15) is 0 Å². The van der Waals surface area contributed by atoms with Crippen molar-refractivity contribution in [3.63, 3.8) is 0 Å². The monoisotopic (exact) mass is 299 g/mol. The fourth-order valence-electron chi connectivity index (χ4n) is 3.35. The van der Waals surface area contributed by atoms with Crippen LogP contribution in [0.4, 0.5) is 13.2 Å². The second-order valence-electron chi connectivity index (χ2n) is 6.44. The van der Waals surface area contributed by atoms with Crippen LogP contribution < -0.4 is 5.73 Å². The molecule has 1 saturated carbocycles. The van der Waals surface area contributed by atoms with E-state index in [-0.39, 0.29) is 5.54 Å². The molecule has 1 aliphatic carbocycles. The molecule has 0 aromatic heterocycles. The number of alkyl halides is 3. The zero-order valence-corrected chi connectivity index (χ0v) is 12.5. The number of rotatable bonds is 3. The molecule has 0 bridgehead atoms. The van der Waals surface area contributed by atoms with Gasteiger partial charge in [0.05, 0.1) is 5.56 Å². The summed E-state index contributed by atoms with van der Waals surface area (Å²) < 4.78 is 38.3. The van der Waals surface area contributed by atoms with Gasteiger partial charge in [-0.25, -0.2) is 0 Å². The van der Waals surface area contributed by atoms with Crippen molar-refractivity contribution in [3.05, 3.63) is 35.4 Å². The lowest BCUT2D eigenvalue weighted by molar-refractivity contribution is -0.137. The molecule has 0 amide bonds. The predicted octanol–water partition coefficient (Wildman–Crippen LogP) is 4.94. The molecule has 0 spiro atoms. The number of halogens is 3. The number of benzene rings is 1. The number of hydrogen-bond donors (Lipinski definition) is 1. The summed E-state index contributed by atoms with van der Waals surface area (Å²) in [6.45, 7) is 2.20. The van der Waals surface area contributed by atoms with Crippen LogP contribution in [0.15, 0.2) is 24.3 Å². The fourth-order valence-corrected chi connectivity index (χ4v) is 3.35. The van der Waals surface area contributed by atoms with Crippen LogP contribution in [0.5, 0.6) is 0 Å². The zero-order chi connectivity index (χ0) is 15.5. The van der Waals surface area contributed by atoms with Gasteiger partial charge in [0.2, 0.25) is 0 Å². The Hall–Kier alpha value is -1.03. The molecule has 1 aromatic rings. The third-order valence-electron chi connectivity index (χ3n) is 4.73. The van der Waals surface area contributed by atoms with Crippen molar-refractivity contribution in [2.75, 3.05) is 0 Å². The maximum atomic E-state index is 12.8. The first-order valence-corrected chi connectivity index (χ1v) is 7.77. The van der Waals surface area contributed by atoms with Crippen LogP contribution in [-0.2, 0) is 12.6 Å². The average molecular weight is 299 g/mol. The maximum Gasteiger partial charge on any atom is 0.416 e. The molecule has 1 fully saturated rings. The summed E-state index contributed by atoms with van der Waals surface area (Å²) in [6, 6.07) is 5.60. The summed E-state index contributed by atoms with van der Waals surface area (Å²) in [4.78, 5) is 0. The lowest BCUT2D eigenvalue weighted by Gasteiger charge is -2.28. The smallest absolute Gasteiger partial charge is 0.325 e. The summed E-state index contributed by atoms with van der Waals surface area (Å²) in [5.74, 6) is 0.719. The van der Waals surface area contributed by atoms with Crippen LogP contribution in [-0.4, -0.2) is 5.54 Å². The Morgan fingerprint density at radius 2 is 2.00 bits per heavy atom. The highest BCUT2D eigenvalue weighted by Crippen LogP contribution is 2.34. The molecular weight excluding hydrogens is 275 g/mol. The van der Waals surface area contributed by atoms with Crippen molar-refractivity contribution in [1.82, 2.24) is 0 Å². The first kappa shape index (κ1) is 16.3. The van der Waals surface area contributed by atoms with Gasteiger partial charge in [-0.3, -0.25) is 0 Å². The van der Waals surface area contributed by atoms with E-state index in [1.807, 2.05) is 0 Å². The van der Waals surface area contributed by atoms with Crippen LogP contribution in [0.2, 0.25) is 0 Å². The molecule has 1 nitrogen and oxygen atoms in total. The highest BCUT2D eigenvalue weighted by molar-refractivity contribution is 5.27. The summed E-state index contributed by atoms with van der Waals surface area (Å²) >= 11 is 0. The Labute approximate surface area is 124 Å². The third kappa shape index (κ3) is 4.47. The molecule has 118 valence electrons.